The second-order valence-electron chi connectivity index (χ2n) is 7.16. The van der Waals surface area contributed by atoms with Crippen LogP contribution in [-0.4, -0.2) is 19.6 Å². The van der Waals surface area contributed by atoms with Crippen LogP contribution in [0.3, 0.4) is 0 Å². The number of carbonyl (C=O) groups excluding carboxylic acids is 1. The molecule has 134 valence electrons. The Labute approximate surface area is 155 Å². The predicted molar refractivity (Wildman–Crippen MR) is 108 cm³/mol. The average Bonchev–Trinajstić information content (AvgIpc) is 2.67. The zero-order chi connectivity index (χ0) is 17.9. The third kappa shape index (κ3) is 3.30. The van der Waals surface area contributed by atoms with Crippen LogP contribution in [0.1, 0.15) is 39.0 Å². The lowest BCUT2D eigenvalue weighted by Gasteiger charge is -2.33. The summed E-state index contributed by atoms with van der Waals surface area (Å²) in [5.41, 5.74) is 3.36. The molecule has 1 aliphatic carbocycles. The Hall–Kier alpha value is -2.43. The fraction of sp³-hybridized carbons (Fsp3) is 0.381. The number of ether oxygens (including phenoxy) is 1. The lowest BCUT2D eigenvalue weighted by molar-refractivity contribution is -0.137. The third-order valence-electron chi connectivity index (χ3n) is 5.49. The van der Waals surface area contributed by atoms with E-state index in [0.29, 0.717) is 12.5 Å². The van der Waals surface area contributed by atoms with Crippen molar-refractivity contribution in [3.8, 4) is 0 Å². The van der Waals surface area contributed by atoms with Gasteiger partial charge in [0.1, 0.15) is 0 Å². The highest BCUT2D eigenvalue weighted by molar-refractivity contribution is 6.75. The lowest BCUT2D eigenvalue weighted by atomic mass is 9.58. The van der Waals surface area contributed by atoms with Gasteiger partial charge in [-0.1, -0.05) is 43.5 Å². The molecule has 1 fully saturated rings. The lowest BCUT2D eigenvalue weighted by Crippen LogP contribution is -2.42. The van der Waals surface area contributed by atoms with E-state index in [-0.39, 0.29) is 13.0 Å². The summed E-state index contributed by atoms with van der Waals surface area (Å²) in [6, 6.07) is 12.6. The molecule has 0 radical (unpaired) electrons. The molecule has 2 aromatic rings. The molecule has 2 N–H and O–H groups in total. The Bertz CT molecular complexity index is 802. The molecule has 0 spiro atoms. The number of hydrogen-bond donors (Lipinski definition) is 2. The van der Waals surface area contributed by atoms with Crippen LogP contribution in [0.2, 0.25) is 0 Å². The van der Waals surface area contributed by atoms with Gasteiger partial charge in [0.25, 0.3) is 0 Å². The molecule has 1 heterocycles. The molecule has 1 aliphatic heterocycles. The van der Waals surface area contributed by atoms with Crippen molar-refractivity contribution in [1.82, 2.24) is 0 Å². The van der Waals surface area contributed by atoms with Gasteiger partial charge in [-0.25, -0.2) is 4.79 Å². The van der Waals surface area contributed by atoms with E-state index in [1.54, 1.807) is 6.08 Å². The van der Waals surface area contributed by atoms with Crippen molar-refractivity contribution >= 4 is 35.1 Å². The fourth-order valence-electron chi connectivity index (χ4n) is 4.29. The third-order valence-corrected chi connectivity index (χ3v) is 5.49. The number of carbonyl (C=O) groups is 1. The molecule has 0 amide bonds. The summed E-state index contributed by atoms with van der Waals surface area (Å²) in [4.78, 5) is 12.2. The van der Waals surface area contributed by atoms with E-state index in [4.69, 9.17) is 4.74 Å². The maximum absolute atomic E-state index is 12.2. The van der Waals surface area contributed by atoms with Gasteiger partial charge in [-0.15, -0.1) is 0 Å². The molecule has 0 aromatic heterocycles. The first-order valence-electron chi connectivity index (χ1n) is 9.69. The number of allylic oxidation sites excluding steroid dienone is 1. The predicted octanol–water partition coefficient (Wildman–Crippen LogP) is 4.77. The van der Waals surface area contributed by atoms with Gasteiger partial charge in [0.2, 0.25) is 0 Å². The summed E-state index contributed by atoms with van der Waals surface area (Å²) in [6.45, 7) is 2.17. The minimum Gasteiger partial charge on any atom is -0.463 e. The number of anilines is 2. The van der Waals surface area contributed by atoms with E-state index in [1.807, 2.05) is 6.92 Å². The normalized spacial score (nSPS) is 17.6. The van der Waals surface area contributed by atoms with Crippen LogP contribution < -0.4 is 10.5 Å². The number of hydrogen-bond acceptors (Lipinski definition) is 4. The molecule has 2 aliphatic rings. The van der Waals surface area contributed by atoms with Crippen molar-refractivity contribution < 1.29 is 9.53 Å². The van der Waals surface area contributed by atoms with Crippen molar-refractivity contribution in [2.24, 2.45) is 5.92 Å². The van der Waals surface area contributed by atoms with Crippen LogP contribution in [0.5, 0.6) is 0 Å². The molecular formula is C21H25BN2O2. The largest absolute Gasteiger partial charge is 0.463 e. The average molecular weight is 348 g/mol. The summed E-state index contributed by atoms with van der Waals surface area (Å²) in [6.07, 6.45) is 7.73. The highest BCUT2D eigenvalue weighted by atomic mass is 16.5. The van der Waals surface area contributed by atoms with Gasteiger partial charge in [0, 0.05) is 22.8 Å². The number of benzene rings is 2. The van der Waals surface area contributed by atoms with Gasteiger partial charge >= 0.3 is 13.0 Å². The van der Waals surface area contributed by atoms with Crippen molar-refractivity contribution in [3.05, 3.63) is 47.9 Å². The van der Waals surface area contributed by atoms with E-state index in [0.717, 1.165) is 29.7 Å². The second-order valence-corrected chi connectivity index (χ2v) is 7.16. The summed E-state index contributed by atoms with van der Waals surface area (Å²) in [7, 11) is 0. The quantitative estimate of drug-likeness (QED) is 0.475. The van der Waals surface area contributed by atoms with Crippen molar-refractivity contribution in [2.45, 2.75) is 39.0 Å². The number of nitrogens with one attached hydrogen (secondary N) is 2. The van der Waals surface area contributed by atoms with E-state index in [9.17, 15) is 4.79 Å². The Balaban J connectivity index is 1.69. The van der Waals surface area contributed by atoms with Crippen molar-refractivity contribution in [3.63, 3.8) is 0 Å². The van der Waals surface area contributed by atoms with Gasteiger partial charge in [-0.2, -0.15) is 0 Å². The Morgan fingerprint density at radius 3 is 2.38 bits per heavy atom. The minimum absolute atomic E-state index is 0.0805. The highest BCUT2D eigenvalue weighted by Crippen LogP contribution is 2.38. The molecule has 0 atom stereocenters. The Kier molecular flexibility index (Phi) is 4.87. The summed E-state index contributed by atoms with van der Waals surface area (Å²) in [5.74, 6) is 0.177. The maximum Gasteiger partial charge on any atom is 0.402 e. The monoisotopic (exact) mass is 348 g/mol. The molecule has 0 bridgehead atoms. The van der Waals surface area contributed by atoms with Crippen LogP contribution in [0.4, 0.5) is 11.4 Å². The molecule has 0 unspecified atom stereocenters. The highest BCUT2D eigenvalue weighted by Gasteiger charge is 2.33. The zero-order valence-corrected chi connectivity index (χ0v) is 15.3. The number of rotatable bonds is 4. The molecule has 0 saturated heterocycles. The van der Waals surface area contributed by atoms with E-state index < -0.39 is 0 Å². The zero-order valence-electron chi connectivity index (χ0n) is 15.3. The molecule has 4 rings (SSSR count). The molecular weight excluding hydrogens is 323 g/mol. The number of esters is 1. The van der Waals surface area contributed by atoms with Crippen molar-refractivity contribution in [2.75, 3.05) is 17.1 Å². The van der Waals surface area contributed by atoms with Gasteiger partial charge in [0.15, 0.2) is 0 Å². The first kappa shape index (κ1) is 17.0. The minimum atomic E-state index is -0.242. The van der Waals surface area contributed by atoms with E-state index in [1.165, 1.54) is 30.0 Å². The van der Waals surface area contributed by atoms with E-state index in [2.05, 4.69) is 46.9 Å². The second kappa shape index (κ2) is 7.44. The maximum atomic E-state index is 12.2. The van der Waals surface area contributed by atoms with Gasteiger partial charge in [-0.05, 0) is 48.7 Å². The smallest absolute Gasteiger partial charge is 0.402 e. The van der Waals surface area contributed by atoms with Crippen molar-refractivity contribution in [1.29, 1.82) is 0 Å². The summed E-state index contributed by atoms with van der Waals surface area (Å²) < 4.78 is 5.21. The summed E-state index contributed by atoms with van der Waals surface area (Å²) >= 11 is 0. The van der Waals surface area contributed by atoms with Crippen LogP contribution in [0.15, 0.2) is 47.9 Å². The standard InChI is InChI=1S/C21H25BN2O2/c1-2-26-20(25)14-17(15-8-4-3-5-9-15)22-23-18-12-6-10-16-11-7-13-19(24-22)21(16)18/h6-7,10-15,23-24H,2-5,8-9H2,1H3/b17-14+. The Morgan fingerprint density at radius 2 is 1.77 bits per heavy atom. The first-order valence-corrected chi connectivity index (χ1v) is 9.69. The van der Waals surface area contributed by atoms with Crippen LogP contribution in [-0.2, 0) is 9.53 Å². The molecule has 5 heteroatoms. The molecule has 26 heavy (non-hydrogen) atoms. The molecule has 4 nitrogen and oxygen atoms in total. The molecule has 2 aromatic carbocycles. The Morgan fingerprint density at radius 1 is 1.12 bits per heavy atom. The van der Waals surface area contributed by atoms with Crippen LogP contribution in [0.25, 0.3) is 10.8 Å². The van der Waals surface area contributed by atoms with Crippen LogP contribution >= 0.6 is 0 Å². The van der Waals surface area contributed by atoms with Crippen LogP contribution in [0, 0.1) is 5.92 Å². The topological polar surface area (TPSA) is 50.4 Å². The van der Waals surface area contributed by atoms with Gasteiger partial charge in [0.05, 0.1) is 6.61 Å². The SMILES string of the molecule is CCOC(=O)/C=C(/B1Nc2cccc3cccc(c23)N1)C1CCCCC1. The summed E-state index contributed by atoms with van der Waals surface area (Å²) in [5, 5.41) is 9.67. The molecule has 1 saturated carbocycles. The van der Waals surface area contributed by atoms with Gasteiger partial charge in [-0.3, -0.25) is 0 Å². The van der Waals surface area contributed by atoms with E-state index >= 15 is 0 Å². The fourth-order valence-corrected chi connectivity index (χ4v) is 4.29. The first-order chi connectivity index (χ1) is 12.8. The van der Waals surface area contributed by atoms with Gasteiger partial charge < -0.3 is 15.2 Å².